The topological polar surface area (TPSA) is 203 Å². The number of carbonyl (C=O) groups is 4. The number of hydrogen-bond donors (Lipinski definition) is 4. The van der Waals surface area contributed by atoms with Crippen LogP contribution in [0.3, 0.4) is 0 Å². The number of carboxylic acids is 1. The Morgan fingerprint density at radius 3 is 2.80 bits per heavy atom. The molecule has 0 spiro atoms. The number of nitrogen functional groups attached to an aromatic ring is 1. The van der Waals surface area contributed by atoms with Crippen LogP contribution in [0.2, 0.25) is 0 Å². The number of thioether (sulfide) groups is 2. The molecule has 3 amide bonds. The largest absolute Gasteiger partial charge is 0.477 e. The van der Waals surface area contributed by atoms with Crippen molar-refractivity contribution in [3.8, 4) is 0 Å². The molecule has 1 saturated heterocycles. The quantitative estimate of drug-likeness (QED) is 0.142. The van der Waals surface area contributed by atoms with Gasteiger partial charge in [0.1, 0.15) is 29.9 Å². The predicted molar refractivity (Wildman–Crippen MR) is 131 cm³/mol. The number of nitrogens with one attached hydrogen (secondary N) is 1. The average Bonchev–Trinajstić information content (AvgIpc) is 3.47. The highest BCUT2D eigenvalue weighted by molar-refractivity contribution is 8.02. The Morgan fingerprint density at radius 1 is 1.40 bits per heavy atom. The number of carbonyl (C=O) groups excluding carboxylic acids is 3. The lowest BCUT2D eigenvalue weighted by molar-refractivity contribution is -0.150. The van der Waals surface area contributed by atoms with E-state index in [1.54, 1.807) is 0 Å². The van der Waals surface area contributed by atoms with Crippen molar-refractivity contribution < 1.29 is 29.1 Å². The zero-order valence-electron chi connectivity index (χ0n) is 17.8. The second-order valence-electron chi connectivity index (χ2n) is 6.95. The minimum atomic E-state index is -1.26. The Morgan fingerprint density at radius 2 is 2.17 bits per heavy atom. The first-order valence-corrected chi connectivity index (χ1v) is 13.4. The number of nitrogens with zero attached hydrogens (tertiary/aromatic N) is 4. The molecule has 2 aliphatic heterocycles. The number of amides is 3. The summed E-state index contributed by atoms with van der Waals surface area (Å²) in [6.45, 7) is 0. The molecule has 0 aliphatic carbocycles. The molecule has 2 atom stereocenters. The van der Waals surface area contributed by atoms with Crippen LogP contribution in [0, 0.1) is 0 Å². The lowest BCUT2D eigenvalue weighted by atomic mass is 10.0. The van der Waals surface area contributed by atoms with E-state index in [9.17, 15) is 24.3 Å². The summed E-state index contributed by atoms with van der Waals surface area (Å²) in [4.78, 5) is 63.1. The van der Waals surface area contributed by atoms with Gasteiger partial charge in [0.05, 0.1) is 9.72 Å². The van der Waals surface area contributed by atoms with Crippen LogP contribution >= 0.6 is 46.2 Å². The Hall–Kier alpha value is -3.15. The molecule has 17 heteroatoms. The molecule has 184 valence electrons. The highest BCUT2D eigenvalue weighted by Gasteiger charge is 2.54. The summed E-state index contributed by atoms with van der Waals surface area (Å²) in [7, 11) is 1.26. The summed E-state index contributed by atoms with van der Waals surface area (Å²) >= 11 is 4.87. The minimum absolute atomic E-state index is 0.122. The molecule has 35 heavy (non-hydrogen) atoms. The molecule has 4 heterocycles. The third-order valence-electron chi connectivity index (χ3n) is 4.84. The molecule has 2 aliphatic rings. The van der Waals surface area contributed by atoms with Gasteiger partial charge in [0.25, 0.3) is 17.7 Å². The fraction of sp³-hybridized carbons (Fsp3) is 0.278. The van der Waals surface area contributed by atoms with Crippen LogP contribution in [-0.4, -0.2) is 79.4 Å². The average molecular weight is 556 g/mol. The van der Waals surface area contributed by atoms with Crippen molar-refractivity contribution in [2.75, 3.05) is 24.3 Å². The number of rotatable bonds is 9. The maximum atomic E-state index is 12.9. The molecule has 4 rings (SSSR count). The normalized spacial score (nSPS) is 19.7. The molecule has 0 bridgehead atoms. The Kier molecular flexibility index (Phi) is 7.29. The van der Waals surface area contributed by atoms with E-state index < -0.39 is 35.1 Å². The van der Waals surface area contributed by atoms with E-state index >= 15 is 0 Å². The van der Waals surface area contributed by atoms with Crippen molar-refractivity contribution in [1.82, 2.24) is 20.2 Å². The molecule has 2 aromatic rings. The van der Waals surface area contributed by atoms with E-state index in [0.717, 1.165) is 16.2 Å². The molecule has 0 aromatic carbocycles. The van der Waals surface area contributed by atoms with Crippen molar-refractivity contribution in [1.29, 1.82) is 0 Å². The maximum Gasteiger partial charge on any atom is 0.352 e. The van der Waals surface area contributed by atoms with Gasteiger partial charge in [-0.3, -0.25) is 19.3 Å². The van der Waals surface area contributed by atoms with Gasteiger partial charge < -0.3 is 26.7 Å². The molecule has 1 unspecified atom stereocenters. The van der Waals surface area contributed by atoms with Gasteiger partial charge in [-0.25, -0.2) is 14.8 Å². The number of nitrogens with two attached hydrogens (primary N) is 2. The molecule has 0 radical (unpaired) electrons. The monoisotopic (exact) mass is 555 g/mol. The summed E-state index contributed by atoms with van der Waals surface area (Å²) < 4.78 is 0.564. The molecule has 1 fully saturated rings. The molecular formula is C18H17N7O6S4. The predicted octanol–water partition coefficient (Wildman–Crippen LogP) is 0.162. The van der Waals surface area contributed by atoms with Crippen molar-refractivity contribution >= 4 is 80.7 Å². The summed E-state index contributed by atoms with van der Waals surface area (Å²) in [5.41, 5.74) is 12.9. The van der Waals surface area contributed by atoms with Crippen LogP contribution in [0.5, 0.6) is 0 Å². The highest BCUT2D eigenvalue weighted by Crippen LogP contribution is 2.42. The van der Waals surface area contributed by atoms with E-state index in [4.69, 9.17) is 16.3 Å². The van der Waals surface area contributed by atoms with Gasteiger partial charge in [0, 0.05) is 16.9 Å². The molecule has 0 saturated carbocycles. The van der Waals surface area contributed by atoms with Crippen LogP contribution in [-0.2, 0) is 19.2 Å². The summed E-state index contributed by atoms with van der Waals surface area (Å²) in [5.74, 6) is -2.68. The smallest absolute Gasteiger partial charge is 0.352 e. The molecular weight excluding hydrogens is 539 g/mol. The van der Waals surface area contributed by atoms with Crippen LogP contribution in [0.1, 0.15) is 16.2 Å². The Labute approximate surface area is 214 Å². The number of fused-ring (bicyclic) bond motifs is 1. The van der Waals surface area contributed by atoms with Gasteiger partial charge >= 0.3 is 5.97 Å². The Balaban J connectivity index is 1.50. The Bertz CT molecular complexity index is 1270. The van der Waals surface area contributed by atoms with Gasteiger partial charge in [-0.15, -0.1) is 46.2 Å². The highest BCUT2D eigenvalue weighted by atomic mass is 32.2. The third-order valence-corrected chi connectivity index (χ3v) is 9.07. The van der Waals surface area contributed by atoms with Gasteiger partial charge in [0.2, 0.25) is 0 Å². The SMILES string of the molecule is CO/N=C(\C(=O)NC1C(=O)N2C(C(=O)O)=C(CSc3scnc3C(N)=O)CS[C@@H]12)c1csc(N)n1. The van der Waals surface area contributed by atoms with E-state index in [-0.39, 0.29) is 33.7 Å². The maximum absolute atomic E-state index is 12.9. The van der Waals surface area contributed by atoms with Crippen molar-refractivity contribution in [2.45, 2.75) is 15.6 Å². The molecule has 2 aromatic heterocycles. The summed E-state index contributed by atoms with van der Waals surface area (Å²) in [6.07, 6.45) is 0. The minimum Gasteiger partial charge on any atom is -0.477 e. The first-order chi connectivity index (χ1) is 16.7. The van der Waals surface area contributed by atoms with Crippen molar-refractivity contribution in [2.24, 2.45) is 10.9 Å². The first kappa shape index (κ1) is 25.0. The summed E-state index contributed by atoms with van der Waals surface area (Å²) in [5, 5.41) is 17.3. The number of primary amides is 1. The van der Waals surface area contributed by atoms with E-state index in [1.807, 2.05) is 0 Å². The number of anilines is 1. The first-order valence-electron chi connectivity index (χ1n) is 9.62. The van der Waals surface area contributed by atoms with Gasteiger partial charge in [-0.05, 0) is 5.57 Å². The summed E-state index contributed by atoms with van der Waals surface area (Å²) in [6, 6.07) is -0.961. The van der Waals surface area contributed by atoms with Crippen molar-refractivity contribution in [3.63, 3.8) is 0 Å². The number of carboxylic acid groups (broad SMARTS) is 1. The third kappa shape index (κ3) is 4.84. The van der Waals surface area contributed by atoms with E-state index in [1.165, 1.54) is 52.9 Å². The molecule has 6 N–H and O–H groups in total. The van der Waals surface area contributed by atoms with Crippen LogP contribution in [0.4, 0.5) is 5.13 Å². The van der Waals surface area contributed by atoms with Gasteiger partial charge in [0.15, 0.2) is 16.5 Å². The lowest BCUT2D eigenvalue weighted by Crippen LogP contribution is -2.71. The zero-order chi connectivity index (χ0) is 25.3. The van der Waals surface area contributed by atoms with Gasteiger partial charge in [-0.2, -0.15) is 0 Å². The van der Waals surface area contributed by atoms with Crippen LogP contribution < -0.4 is 16.8 Å². The second-order valence-corrected chi connectivity index (χ2v) is 11.0. The number of oxime groups is 1. The second kappa shape index (κ2) is 10.2. The number of β-lactam (4-membered cyclic amide) rings is 1. The van der Waals surface area contributed by atoms with Crippen LogP contribution in [0.25, 0.3) is 0 Å². The fourth-order valence-electron chi connectivity index (χ4n) is 3.35. The van der Waals surface area contributed by atoms with Gasteiger partial charge in [-0.1, -0.05) is 5.16 Å². The number of aromatic nitrogens is 2. The van der Waals surface area contributed by atoms with Crippen LogP contribution in [0.15, 0.2) is 31.5 Å². The van der Waals surface area contributed by atoms with E-state index in [2.05, 4.69) is 20.4 Å². The molecule has 13 nitrogen and oxygen atoms in total. The zero-order valence-corrected chi connectivity index (χ0v) is 21.1. The van der Waals surface area contributed by atoms with E-state index in [0.29, 0.717) is 15.5 Å². The lowest BCUT2D eigenvalue weighted by Gasteiger charge is -2.49. The fourth-order valence-corrected chi connectivity index (χ4v) is 7.30. The number of hydrogen-bond acceptors (Lipinski definition) is 13. The standard InChI is InChI=1S/C18H17N7O6S4/c1-31-24-8(7-4-34-18(20)22-7)13(27)23-10-14(28)25-11(16(29)30)6(2-32-15(10)25)3-33-17-9(12(19)26)21-5-35-17/h4-5,10,15H,2-3H2,1H3,(H2,19,26)(H2,20,22)(H,23,27)(H,29,30)/b24-8-/t10?,15-/m0/s1. The number of aliphatic carboxylic acids is 1. The number of thiazole rings is 2. The van der Waals surface area contributed by atoms with Crippen molar-refractivity contribution in [3.05, 3.63) is 33.5 Å².